The Morgan fingerprint density at radius 2 is 2.05 bits per heavy atom. The second-order valence-corrected chi connectivity index (χ2v) is 6.86. The maximum atomic E-state index is 11.0. The van der Waals surface area contributed by atoms with Crippen molar-refractivity contribution in [1.82, 2.24) is 0 Å². The molecule has 108 valence electrons. The van der Waals surface area contributed by atoms with Crippen molar-refractivity contribution in [2.24, 2.45) is 5.92 Å². The lowest BCUT2D eigenvalue weighted by Gasteiger charge is -2.16. The first kappa shape index (κ1) is 13.8. The molecule has 4 heteroatoms. The molecule has 0 spiro atoms. The highest BCUT2D eigenvalue weighted by Crippen LogP contribution is 2.44. The molecule has 20 heavy (non-hydrogen) atoms. The summed E-state index contributed by atoms with van der Waals surface area (Å²) in [7, 11) is 0. The van der Waals surface area contributed by atoms with Gasteiger partial charge in [-0.15, -0.1) is 0 Å². The van der Waals surface area contributed by atoms with Crippen LogP contribution in [0, 0.1) is 5.92 Å². The van der Waals surface area contributed by atoms with Crippen LogP contribution in [0.3, 0.4) is 0 Å². The number of aliphatic carboxylic acids is 1. The second-order valence-electron chi connectivity index (χ2n) is 5.71. The third kappa shape index (κ3) is 3.48. The van der Waals surface area contributed by atoms with Crippen molar-refractivity contribution in [3.05, 3.63) is 29.8 Å². The van der Waals surface area contributed by atoms with E-state index in [1.54, 1.807) is 0 Å². The number of benzene rings is 1. The number of carboxylic acid groups (broad SMARTS) is 1. The molecule has 2 unspecified atom stereocenters. The van der Waals surface area contributed by atoms with Crippen molar-refractivity contribution in [1.29, 1.82) is 0 Å². The van der Waals surface area contributed by atoms with Gasteiger partial charge in [-0.25, -0.2) is 0 Å². The molecule has 2 fully saturated rings. The zero-order chi connectivity index (χ0) is 13.9. The van der Waals surface area contributed by atoms with E-state index in [-0.39, 0.29) is 12.3 Å². The number of thioether (sulfide) groups is 1. The summed E-state index contributed by atoms with van der Waals surface area (Å²) in [5, 5.41) is 9.04. The lowest BCUT2D eigenvalue weighted by Crippen LogP contribution is -2.14. The molecule has 3 nitrogen and oxygen atoms in total. The maximum absolute atomic E-state index is 11.0. The van der Waals surface area contributed by atoms with Crippen molar-refractivity contribution in [2.45, 2.75) is 37.7 Å². The maximum Gasteiger partial charge on any atom is 0.303 e. The third-order valence-corrected chi connectivity index (χ3v) is 5.22. The smallest absolute Gasteiger partial charge is 0.303 e. The summed E-state index contributed by atoms with van der Waals surface area (Å²) in [6.45, 7) is 0. The van der Waals surface area contributed by atoms with Crippen molar-refractivity contribution in [3.8, 4) is 5.75 Å². The zero-order valence-electron chi connectivity index (χ0n) is 11.5. The Morgan fingerprint density at radius 1 is 1.30 bits per heavy atom. The fourth-order valence-electron chi connectivity index (χ4n) is 2.84. The van der Waals surface area contributed by atoms with Gasteiger partial charge in [0, 0.05) is 5.75 Å². The van der Waals surface area contributed by atoms with E-state index < -0.39 is 5.97 Å². The van der Waals surface area contributed by atoms with Gasteiger partial charge in [0.05, 0.1) is 6.42 Å². The minimum Gasteiger partial charge on any atom is -0.490 e. The summed E-state index contributed by atoms with van der Waals surface area (Å²) in [6, 6.07) is 8.08. The first-order chi connectivity index (χ1) is 9.72. The van der Waals surface area contributed by atoms with E-state index in [0.717, 1.165) is 36.3 Å². The van der Waals surface area contributed by atoms with Crippen LogP contribution in [-0.2, 0) is 4.79 Å². The topological polar surface area (TPSA) is 46.5 Å². The van der Waals surface area contributed by atoms with Crippen LogP contribution >= 0.6 is 11.8 Å². The van der Waals surface area contributed by atoms with Gasteiger partial charge >= 0.3 is 5.97 Å². The summed E-state index contributed by atoms with van der Waals surface area (Å²) >= 11 is 1.94. The Bertz CT molecular complexity index is 461. The average Bonchev–Trinajstić information content (AvgIpc) is 3.15. The lowest BCUT2D eigenvalue weighted by atomic mass is 9.91. The molecular formula is C16H20O3S. The Hall–Kier alpha value is -1.16. The molecule has 3 rings (SSSR count). The molecular weight excluding hydrogens is 272 g/mol. The number of ether oxygens (including phenoxy) is 1. The van der Waals surface area contributed by atoms with Crippen LogP contribution in [-0.4, -0.2) is 28.7 Å². The largest absolute Gasteiger partial charge is 0.490 e. The van der Waals surface area contributed by atoms with Crippen molar-refractivity contribution in [2.75, 3.05) is 11.5 Å². The van der Waals surface area contributed by atoms with Crippen LogP contribution < -0.4 is 4.74 Å². The first-order valence-electron chi connectivity index (χ1n) is 7.28. The molecule has 1 N–H and O–H groups in total. The van der Waals surface area contributed by atoms with Crippen LogP contribution in [0.5, 0.6) is 5.75 Å². The summed E-state index contributed by atoms with van der Waals surface area (Å²) in [6.07, 6.45) is 4.02. The van der Waals surface area contributed by atoms with Gasteiger partial charge in [0.1, 0.15) is 11.9 Å². The second kappa shape index (κ2) is 6.08. The fourth-order valence-corrected chi connectivity index (χ4v) is 3.93. The minimum atomic E-state index is -0.704. The van der Waals surface area contributed by atoms with Crippen LogP contribution in [0.1, 0.15) is 37.2 Å². The van der Waals surface area contributed by atoms with E-state index in [0.29, 0.717) is 12.0 Å². The van der Waals surface area contributed by atoms with Gasteiger partial charge in [-0.2, -0.15) is 11.8 Å². The van der Waals surface area contributed by atoms with Gasteiger partial charge in [-0.1, -0.05) is 12.1 Å². The molecule has 1 saturated carbocycles. The molecule has 1 aromatic carbocycles. The lowest BCUT2D eigenvalue weighted by molar-refractivity contribution is -0.137. The molecule has 1 aromatic rings. The van der Waals surface area contributed by atoms with E-state index in [9.17, 15) is 4.79 Å². The molecule has 1 heterocycles. The molecule has 1 saturated heterocycles. The van der Waals surface area contributed by atoms with Gasteiger partial charge in [0.25, 0.3) is 0 Å². The van der Waals surface area contributed by atoms with Crippen LogP contribution in [0.2, 0.25) is 0 Å². The third-order valence-electron chi connectivity index (χ3n) is 4.08. The van der Waals surface area contributed by atoms with Crippen molar-refractivity contribution < 1.29 is 14.6 Å². The molecule has 0 amide bonds. The van der Waals surface area contributed by atoms with E-state index in [1.807, 2.05) is 36.0 Å². The van der Waals surface area contributed by atoms with Gasteiger partial charge in [0.15, 0.2) is 0 Å². The first-order valence-corrected chi connectivity index (χ1v) is 8.44. The summed E-state index contributed by atoms with van der Waals surface area (Å²) in [5.74, 6) is 3.19. The molecule has 2 aliphatic rings. The highest BCUT2D eigenvalue weighted by Gasteiger charge is 2.33. The van der Waals surface area contributed by atoms with Gasteiger partial charge in [-0.3, -0.25) is 4.79 Å². The van der Waals surface area contributed by atoms with Crippen LogP contribution in [0.4, 0.5) is 0 Å². The SMILES string of the molecule is O=C(O)CC(c1ccc(OC2CCSC2)cc1)C1CC1. The predicted octanol–water partition coefficient (Wildman–Crippen LogP) is 3.54. The number of rotatable bonds is 6. The minimum absolute atomic E-state index is 0.170. The van der Waals surface area contributed by atoms with Crippen LogP contribution in [0.15, 0.2) is 24.3 Å². The van der Waals surface area contributed by atoms with Gasteiger partial charge in [-0.05, 0) is 54.5 Å². The zero-order valence-corrected chi connectivity index (χ0v) is 12.3. The van der Waals surface area contributed by atoms with Gasteiger partial charge in [0.2, 0.25) is 0 Å². The van der Waals surface area contributed by atoms with E-state index >= 15 is 0 Å². The van der Waals surface area contributed by atoms with E-state index in [1.165, 1.54) is 5.75 Å². The number of hydrogen-bond acceptors (Lipinski definition) is 3. The Morgan fingerprint density at radius 3 is 2.60 bits per heavy atom. The average molecular weight is 292 g/mol. The number of hydrogen-bond donors (Lipinski definition) is 1. The standard InChI is InChI=1S/C16H20O3S/c17-16(18)9-15(11-1-2-11)12-3-5-13(6-4-12)19-14-7-8-20-10-14/h3-6,11,14-15H,1-2,7-10H2,(H,17,18). The molecule has 0 radical (unpaired) electrons. The predicted molar refractivity (Wildman–Crippen MR) is 80.5 cm³/mol. The highest BCUT2D eigenvalue weighted by molar-refractivity contribution is 7.99. The van der Waals surface area contributed by atoms with E-state index in [4.69, 9.17) is 9.84 Å². The number of carboxylic acids is 1. The Kier molecular flexibility index (Phi) is 4.20. The Labute approximate surface area is 123 Å². The van der Waals surface area contributed by atoms with E-state index in [2.05, 4.69) is 0 Å². The summed E-state index contributed by atoms with van der Waals surface area (Å²) in [4.78, 5) is 11.0. The molecule has 1 aliphatic carbocycles. The molecule has 2 atom stereocenters. The van der Waals surface area contributed by atoms with Crippen LogP contribution in [0.25, 0.3) is 0 Å². The molecule has 0 bridgehead atoms. The molecule has 0 aromatic heterocycles. The molecule has 1 aliphatic heterocycles. The monoisotopic (exact) mass is 292 g/mol. The fraction of sp³-hybridized carbons (Fsp3) is 0.562. The van der Waals surface area contributed by atoms with Crippen molar-refractivity contribution >= 4 is 17.7 Å². The summed E-state index contributed by atoms with van der Waals surface area (Å²) in [5.41, 5.74) is 1.14. The highest BCUT2D eigenvalue weighted by atomic mass is 32.2. The Balaban J connectivity index is 1.65. The summed E-state index contributed by atoms with van der Waals surface area (Å²) < 4.78 is 5.93. The number of carbonyl (C=O) groups is 1. The van der Waals surface area contributed by atoms with Crippen molar-refractivity contribution in [3.63, 3.8) is 0 Å². The normalized spacial score (nSPS) is 23.5. The van der Waals surface area contributed by atoms with Gasteiger partial charge < -0.3 is 9.84 Å². The quantitative estimate of drug-likeness (QED) is 0.871.